The van der Waals surface area contributed by atoms with Crippen LogP contribution in [0, 0.1) is 6.92 Å². The number of carbonyl (C=O) groups excluding carboxylic acids is 2. The smallest absolute Gasteiger partial charge is 0.354 e. The van der Waals surface area contributed by atoms with Crippen molar-refractivity contribution < 1.29 is 27.3 Å². The predicted octanol–water partition coefficient (Wildman–Crippen LogP) is 3.52. The Bertz CT molecular complexity index is 1250. The van der Waals surface area contributed by atoms with Crippen molar-refractivity contribution in [3.8, 4) is 11.4 Å². The molecule has 1 aliphatic rings. The first-order chi connectivity index (χ1) is 16.7. The lowest BCUT2D eigenvalue weighted by Crippen LogP contribution is -2.48. The van der Waals surface area contributed by atoms with Crippen LogP contribution in [-0.2, 0) is 4.79 Å². The van der Waals surface area contributed by atoms with Crippen molar-refractivity contribution in [3.63, 3.8) is 0 Å². The van der Waals surface area contributed by atoms with Gasteiger partial charge in [-0.05, 0) is 25.5 Å². The normalized spacial score (nSPS) is 12.5. The van der Waals surface area contributed by atoms with Gasteiger partial charge in [0.25, 0.3) is 5.91 Å². The number of aromatic nitrogens is 4. The van der Waals surface area contributed by atoms with E-state index in [0.717, 1.165) is 16.1 Å². The third-order valence-corrected chi connectivity index (χ3v) is 4.93. The van der Waals surface area contributed by atoms with Crippen LogP contribution < -0.4 is 5.32 Å². The van der Waals surface area contributed by atoms with Crippen LogP contribution in [0.5, 0.6) is 0 Å². The van der Waals surface area contributed by atoms with E-state index in [9.17, 15) is 22.8 Å². The summed E-state index contributed by atoms with van der Waals surface area (Å²) in [6, 6.07) is 13.6. The van der Waals surface area contributed by atoms with Gasteiger partial charge in [-0.2, -0.15) is 18.2 Å². The first-order valence-electron chi connectivity index (χ1n) is 10.5. The predicted molar refractivity (Wildman–Crippen MR) is 120 cm³/mol. The molecule has 0 saturated carbocycles. The van der Waals surface area contributed by atoms with Crippen molar-refractivity contribution in [1.29, 1.82) is 0 Å². The summed E-state index contributed by atoms with van der Waals surface area (Å²) in [4.78, 5) is 30.4. The molecule has 35 heavy (non-hydrogen) atoms. The number of nitrogens with one attached hydrogen (secondary N) is 1. The highest BCUT2D eigenvalue weighted by Gasteiger charge is 2.43. The number of carbonyl (C=O) groups is 2. The van der Waals surface area contributed by atoms with E-state index in [4.69, 9.17) is 0 Å². The summed E-state index contributed by atoms with van der Waals surface area (Å²) in [5, 5.41) is 6.29. The maximum atomic E-state index is 11.5. The molecule has 0 aliphatic carbocycles. The minimum atomic E-state index is -4.68. The molecule has 0 bridgehead atoms. The summed E-state index contributed by atoms with van der Waals surface area (Å²) in [7, 11) is 1.60. The third kappa shape index (κ3) is 6.65. The molecule has 2 amide bonds. The number of hydrogen-bond acceptors (Lipinski definition) is 6. The molecule has 3 aromatic heterocycles. The van der Waals surface area contributed by atoms with Crippen LogP contribution in [0.1, 0.15) is 22.5 Å². The van der Waals surface area contributed by atoms with Gasteiger partial charge in [-0.3, -0.25) is 14.0 Å². The largest absolute Gasteiger partial charge is 0.471 e. The van der Waals surface area contributed by atoms with Gasteiger partial charge in [0.1, 0.15) is 11.3 Å². The summed E-state index contributed by atoms with van der Waals surface area (Å²) in [5.74, 6) is -1.20. The van der Waals surface area contributed by atoms with Gasteiger partial charge >= 0.3 is 12.1 Å². The van der Waals surface area contributed by atoms with Crippen molar-refractivity contribution in [3.05, 3.63) is 72.5 Å². The van der Waals surface area contributed by atoms with Crippen molar-refractivity contribution in [2.45, 2.75) is 19.5 Å². The Labute approximate surface area is 198 Å². The van der Waals surface area contributed by atoms with E-state index in [-0.39, 0.29) is 19.0 Å². The highest BCUT2D eigenvalue weighted by atomic mass is 19.4. The lowest BCUT2D eigenvalue weighted by Gasteiger charge is -2.31. The first-order valence-corrected chi connectivity index (χ1v) is 10.5. The fourth-order valence-electron chi connectivity index (χ4n) is 2.93. The molecule has 9 nitrogen and oxygen atoms in total. The number of aryl methyl sites for hydroxylation is 1. The molecule has 184 valence electrons. The SMILES string of the molecule is CNC(=O)c1cnc2ccccn12.Cc1ccc(-c2ncon2)cc1.O=C(N1CCC1)C(F)(F)F. The number of benzene rings is 1. The quantitative estimate of drug-likeness (QED) is 0.463. The Balaban J connectivity index is 0.000000148. The molecule has 0 atom stereocenters. The summed E-state index contributed by atoms with van der Waals surface area (Å²) in [6.07, 6.45) is 0.707. The number of nitrogens with zero attached hydrogens (tertiary/aromatic N) is 5. The molecule has 1 fully saturated rings. The van der Waals surface area contributed by atoms with Crippen molar-refractivity contribution >= 4 is 17.5 Å². The van der Waals surface area contributed by atoms with Gasteiger partial charge in [0.15, 0.2) is 0 Å². The van der Waals surface area contributed by atoms with Gasteiger partial charge in [0.05, 0.1) is 6.20 Å². The van der Waals surface area contributed by atoms with E-state index in [0.29, 0.717) is 17.9 Å². The maximum Gasteiger partial charge on any atom is 0.471 e. The Kier molecular flexibility index (Phi) is 8.18. The summed E-state index contributed by atoms with van der Waals surface area (Å²) in [5.41, 5.74) is 3.54. The number of imidazole rings is 1. The molecule has 1 aromatic carbocycles. The van der Waals surface area contributed by atoms with Crippen LogP contribution in [0.2, 0.25) is 0 Å². The second-order valence-electron chi connectivity index (χ2n) is 7.42. The number of rotatable bonds is 2. The Morgan fingerprint density at radius 3 is 2.29 bits per heavy atom. The molecular formula is C23H23F3N6O3. The topological polar surface area (TPSA) is 106 Å². The highest BCUT2D eigenvalue weighted by molar-refractivity contribution is 5.93. The molecule has 0 unspecified atom stereocenters. The maximum absolute atomic E-state index is 11.5. The van der Waals surface area contributed by atoms with Gasteiger partial charge in [0.2, 0.25) is 12.2 Å². The molecule has 1 saturated heterocycles. The van der Waals surface area contributed by atoms with Gasteiger partial charge in [-0.1, -0.05) is 41.1 Å². The molecule has 0 radical (unpaired) electrons. The van der Waals surface area contributed by atoms with Crippen LogP contribution >= 0.6 is 0 Å². The summed E-state index contributed by atoms with van der Waals surface area (Å²) >= 11 is 0. The van der Waals surface area contributed by atoms with E-state index in [1.54, 1.807) is 17.6 Å². The first kappa shape index (κ1) is 25.4. The molecule has 4 heterocycles. The van der Waals surface area contributed by atoms with Crippen molar-refractivity contribution in [2.24, 2.45) is 0 Å². The number of hydrogen-bond donors (Lipinski definition) is 1. The monoisotopic (exact) mass is 488 g/mol. The van der Waals surface area contributed by atoms with Crippen molar-refractivity contribution in [1.82, 2.24) is 29.7 Å². The van der Waals surface area contributed by atoms with E-state index < -0.39 is 12.1 Å². The number of alkyl halides is 3. The van der Waals surface area contributed by atoms with Crippen LogP contribution in [0.25, 0.3) is 17.0 Å². The van der Waals surface area contributed by atoms with Crippen LogP contribution in [-0.4, -0.2) is 62.6 Å². The van der Waals surface area contributed by atoms with Gasteiger partial charge in [-0.25, -0.2) is 4.98 Å². The second-order valence-corrected chi connectivity index (χ2v) is 7.42. The van der Waals surface area contributed by atoms with E-state index >= 15 is 0 Å². The average molecular weight is 488 g/mol. The molecule has 4 aromatic rings. The molecule has 5 rings (SSSR count). The number of halogens is 3. The summed E-state index contributed by atoms with van der Waals surface area (Å²) in [6.45, 7) is 2.54. The zero-order valence-corrected chi connectivity index (χ0v) is 19.0. The fourth-order valence-corrected chi connectivity index (χ4v) is 2.93. The standard InChI is InChI=1S/C9H9N3O.C9H8N2O.C5H6F3NO/c1-10-9(13)7-6-11-8-4-2-3-5-12(7)8;1-7-2-4-8(5-3-7)9-10-6-12-11-9;6-5(7,8)4(10)9-2-1-3-9/h2-6H,1H3,(H,10,13);2-6H,1H3;1-3H2. The number of fused-ring (bicyclic) bond motifs is 1. The Hall–Kier alpha value is -4.22. The van der Waals surface area contributed by atoms with Gasteiger partial charge < -0.3 is 14.7 Å². The molecule has 1 N–H and O–H groups in total. The average Bonchev–Trinajstić information content (AvgIpc) is 3.49. The summed E-state index contributed by atoms with van der Waals surface area (Å²) < 4.78 is 41.0. The molecule has 0 spiro atoms. The van der Waals surface area contributed by atoms with Crippen LogP contribution in [0.4, 0.5) is 13.2 Å². The molecular weight excluding hydrogens is 465 g/mol. The van der Waals surface area contributed by atoms with Crippen LogP contribution in [0.3, 0.4) is 0 Å². The fraction of sp³-hybridized carbons (Fsp3) is 0.261. The van der Waals surface area contributed by atoms with Gasteiger partial charge in [-0.15, -0.1) is 0 Å². The third-order valence-electron chi connectivity index (χ3n) is 4.93. The van der Waals surface area contributed by atoms with E-state index in [1.807, 2.05) is 55.6 Å². The Morgan fingerprint density at radius 1 is 1.06 bits per heavy atom. The minimum absolute atomic E-state index is 0.126. The zero-order chi connectivity index (χ0) is 25.4. The number of likely N-dealkylation sites (tertiary alicyclic amines) is 1. The van der Waals surface area contributed by atoms with Gasteiger partial charge in [0, 0.05) is 31.9 Å². The van der Waals surface area contributed by atoms with Crippen LogP contribution in [0.15, 0.2) is 65.8 Å². The molecule has 1 aliphatic heterocycles. The van der Waals surface area contributed by atoms with Crippen molar-refractivity contribution in [2.75, 3.05) is 20.1 Å². The van der Waals surface area contributed by atoms with E-state index in [1.165, 1.54) is 12.0 Å². The Morgan fingerprint density at radius 2 is 1.77 bits per heavy atom. The highest BCUT2D eigenvalue weighted by Crippen LogP contribution is 2.21. The minimum Gasteiger partial charge on any atom is -0.354 e. The lowest BCUT2D eigenvalue weighted by molar-refractivity contribution is -0.188. The number of pyridine rings is 1. The zero-order valence-electron chi connectivity index (χ0n) is 19.0. The van der Waals surface area contributed by atoms with E-state index in [2.05, 4.69) is 25.0 Å². The second kappa shape index (κ2) is 11.3. The molecule has 12 heteroatoms. The number of amides is 2. The lowest BCUT2D eigenvalue weighted by atomic mass is 10.1.